The number of imidazole rings is 1. The number of carbonyl (C=O) groups excluding carboxylic acids is 1. The van der Waals surface area contributed by atoms with Crippen LogP contribution in [0.3, 0.4) is 0 Å². The first-order valence-electron chi connectivity index (χ1n) is 9.61. The van der Waals surface area contributed by atoms with Gasteiger partial charge in [-0.15, -0.1) is 0 Å². The van der Waals surface area contributed by atoms with E-state index in [2.05, 4.69) is 24.0 Å². The van der Waals surface area contributed by atoms with Crippen LogP contribution in [0.25, 0.3) is 11.0 Å². The second-order valence-corrected chi connectivity index (χ2v) is 7.10. The molecule has 1 aliphatic heterocycles. The summed E-state index contributed by atoms with van der Waals surface area (Å²) in [6.45, 7) is 2.99. The number of hydrogen-bond donors (Lipinski definition) is 1. The zero-order chi connectivity index (χ0) is 17.9. The lowest BCUT2D eigenvalue weighted by molar-refractivity contribution is 0.0730. The number of fused-ring (bicyclic) bond motifs is 1. The van der Waals surface area contributed by atoms with Gasteiger partial charge in [0.2, 0.25) is 0 Å². The predicted molar refractivity (Wildman–Crippen MR) is 104 cm³/mol. The number of carbonyl (C=O) groups is 1. The number of H-pyrrole nitrogens is 1. The van der Waals surface area contributed by atoms with Gasteiger partial charge in [0.15, 0.2) is 0 Å². The number of para-hydroxylation sites is 2. The van der Waals surface area contributed by atoms with Crippen molar-refractivity contribution in [3.05, 3.63) is 65.5 Å². The predicted octanol–water partition coefficient (Wildman–Crippen LogP) is 4.88. The number of aryl methyl sites for hydroxylation is 1. The summed E-state index contributed by atoms with van der Waals surface area (Å²) in [4.78, 5) is 23.1. The van der Waals surface area contributed by atoms with Crippen LogP contribution in [-0.4, -0.2) is 27.3 Å². The fourth-order valence-electron chi connectivity index (χ4n) is 3.79. The highest BCUT2D eigenvalue weighted by atomic mass is 16.2. The molecular weight excluding hydrogens is 322 g/mol. The molecule has 2 aromatic carbocycles. The minimum absolute atomic E-state index is 0.0367. The number of benzene rings is 2. The van der Waals surface area contributed by atoms with Crippen molar-refractivity contribution in [2.24, 2.45) is 0 Å². The molecule has 1 fully saturated rings. The van der Waals surface area contributed by atoms with Crippen LogP contribution in [0.2, 0.25) is 0 Å². The van der Waals surface area contributed by atoms with E-state index in [1.54, 1.807) is 0 Å². The van der Waals surface area contributed by atoms with Gasteiger partial charge >= 0.3 is 0 Å². The SMILES string of the molecule is CCCCc1ccc(C(=O)N2CCC[C@H]2c2nc3ccccc3[nH]2)cc1. The van der Waals surface area contributed by atoms with E-state index in [1.165, 1.54) is 18.4 Å². The van der Waals surface area contributed by atoms with Gasteiger partial charge in [0, 0.05) is 12.1 Å². The van der Waals surface area contributed by atoms with E-state index in [0.717, 1.165) is 48.2 Å². The van der Waals surface area contributed by atoms with Gasteiger partial charge in [-0.3, -0.25) is 4.79 Å². The molecule has 1 amide bonds. The Hall–Kier alpha value is -2.62. The highest BCUT2D eigenvalue weighted by Crippen LogP contribution is 2.32. The summed E-state index contributed by atoms with van der Waals surface area (Å²) >= 11 is 0. The fraction of sp³-hybridized carbons (Fsp3) is 0.364. The number of hydrogen-bond acceptors (Lipinski definition) is 2. The lowest BCUT2D eigenvalue weighted by Crippen LogP contribution is -2.31. The maximum Gasteiger partial charge on any atom is 0.254 e. The van der Waals surface area contributed by atoms with Crippen LogP contribution in [0.15, 0.2) is 48.5 Å². The molecule has 1 N–H and O–H groups in total. The second-order valence-electron chi connectivity index (χ2n) is 7.10. The van der Waals surface area contributed by atoms with Gasteiger partial charge in [-0.05, 0) is 55.5 Å². The number of aromatic nitrogens is 2. The molecule has 0 bridgehead atoms. The largest absolute Gasteiger partial charge is 0.340 e. The smallest absolute Gasteiger partial charge is 0.254 e. The minimum Gasteiger partial charge on any atom is -0.340 e. The molecule has 4 nitrogen and oxygen atoms in total. The van der Waals surface area contributed by atoms with Crippen LogP contribution >= 0.6 is 0 Å². The Morgan fingerprint density at radius 2 is 2.00 bits per heavy atom. The number of likely N-dealkylation sites (tertiary alicyclic amines) is 1. The van der Waals surface area contributed by atoms with Crippen molar-refractivity contribution in [3.63, 3.8) is 0 Å². The van der Waals surface area contributed by atoms with E-state index in [1.807, 2.05) is 41.3 Å². The summed E-state index contributed by atoms with van der Waals surface area (Å²) in [5.41, 5.74) is 4.07. The highest BCUT2D eigenvalue weighted by Gasteiger charge is 2.32. The second kappa shape index (κ2) is 7.32. The Kier molecular flexibility index (Phi) is 4.74. The third kappa shape index (κ3) is 3.24. The maximum atomic E-state index is 13.1. The maximum absolute atomic E-state index is 13.1. The molecule has 0 aliphatic carbocycles. The van der Waals surface area contributed by atoms with Crippen molar-refractivity contribution < 1.29 is 4.79 Å². The van der Waals surface area contributed by atoms with E-state index in [4.69, 9.17) is 4.98 Å². The molecule has 2 heterocycles. The van der Waals surface area contributed by atoms with Gasteiger partial charge in [0.25, 0.3) is 5.91 Å². The monoisotopic (exact) mass is 347 g/mol. The number of nitrogens with one attached hydrogen (secondary N) is 1. The van der Waals surface area contributed by atoms with Crippen molar-refractivity contribution in [1.29, 1.82) is 0 Å². The molecule has 0 spiro atoms. The van der Waals surface area contributed by atoms with E-state index in [-0.39, 0.29) is 11.9 Å². The molecule has 0 saturated carbocycles. The zero-order valence-electron chi connectivity index (χ0n) is 15.2. The van der Waals surface area contributed by atoms with Crippen molar-refractivity contribution in [2.45, 2.75) is 45.1 Å². The summed E-state index contributed by atoms with van der Waals surface area (Å²) < 4.78 is 0. The van der Waals surface area contributed by atoms with E-state index >= 15 is 0 Å². The van der Waals surface area contributed by atoms with Gasteiger partial charge in [0.05, 0.1) is 17.1 Å². The minimum atomic E-state index is 0.0367. The van der Waals surface area contributed by atoms with Crippen LogP contribution in [0.5, 0.6) is 0 Å². The van der Waals surface area contributed by atoms with Crippen LogP contribution in [0.1, 0.15) is 60.4 Å². The number of amides is 1. The lowest BCUT2D eigenvalue weighted by atomic mass is 10.1. The first kappa shape index (κ1) is 16.8. The summed E-state index contributed by atoms with van der Waals surface area (Å²) in [6, 6.07) is 16.2. The highest BCUT2D eigenvalue weighted by molar-refractivity contribution is 5.94. The van der Waals surface area contributed by atoms with E-state index in [9.17, 15) is 4.79 Å². The topological polar surface area (TPSA) is 49.0 Å². The van der Waals surface area contributed by atoms with Crippen molar-refractivity contribution >= 4 is 16.9 Å². The van der Waals surface area contributed by atoms with Crippen molar-refractivity contribution in [3.8, 4) is 0 Å². The number of aromatic amines is 1. The van der Waals surface area contributed by atoms with Gasteiger partial charge in [0.1, 0.15) is 5.82 Å². The molecule has 134 valence electrons. The molecule has 1 atom stereocenters. The van der Waals surface area contributed by atoms with Crippen molar-refractivity contribution in [2.75, 3.05) is 6.54 Å². The number of unbranched alkanes of at least 4 members (excludes halogenated alkanes) is 1. The molecule has 3 aromatic rings. The summed E-state index contributed by atoms with van der Waals surface area (Å²) in [5, 5.41) is 0. The van der Waals surface area contributed by atoms with E-state index in [0.29, 0.717) is 0 Å². The standard InChI is InChI=1S/C22H25N3O/c1-2-3-7-16-11-13-17(14-12-16)22(26)25-15-6-10-20(25)21-23-18-8-4-5-9-19(18)24-21/h4-5,8-9,11-14,20H,2-3,6-7,10,15H2,1H3,(H,23,24)/t20-/m0/s1. The average molecular weight is 347 g/mol. The third-order valence-corrected chi connectivity index (χ3v) is 5.26. The quantitative estimate of drug-likeness (QED) is 0.715. The van der Waals surface area contributed by atoms with Crippen molar-refractivity contribution in [1.82, 2.24) is 14.9 Å². The van der Waals surface area contributed by atoms with Gasteiger partial charge in [-0.1, -0.05) is 37.6 Å². The first-order chi connectivity index (χ1) is 12.8. The summed E-state index contributed by atoms with van der Waals surface area (Å²) in [6.07, 6.45) is 5.43. The molecule has 4 rings (SSSR count). The third-order valence-electron chi connectivity index (χ3n) is 5.26. The Morgan fingerprint density at radius 3 is 2.77 bits per heavy atom. The van der Waals surface area contributed by atoms with Crippen LogP contribution < -0.4 is 0 Å². The molecule has 1 aliphatic rings. The Labute approximate surface area is 154 Å². The molecule has 0 unspecified atom stereocenters. The summed E-state index contributed by atoms with van der Waals surface area (Å²) in [5.74, 6) is 1.01. The molecule has 4 heteroatoms. The zero-order valence-corrected chi connectivity index (χ0v) is 15.2. The lowest BCUT2D eigenvalue weighted by Gasteiger charge is -2.23. The number of rotatable bonds is 5. The summed E-state index contributed by atoms with van der Waals surface area (Å²) in [7, 11) is 0. The van der Waals surface area contributed by atoms with Crippen LogP contribution in [-0.2, 0) is 6.42 Å². The molecule has 1 aromatic heterocycles. The van der Waals surface area contributed by atoms with Gasteiger partial charge in [-0.25, -0.2) is 4.98 Å². The van der Waals surface area contributed by atoms with E-state index < -0.39 is 0 Å². The Bertz CT molecular complexity index is 864. The Balaban J connectivity index is 1.54. The number of nitrogens with zero attached hydrogens (tertiary/aromatic N) is 2. The molecule has 1 saturated heterocycles. The van der Waals surface area contributed by atoms with Gasteiger partial charge in [-0.2, -0.15) is 0 Å². The normalized spacial score (nSPS) is 17.1. The molecule has 0 radical (unpaired) electrons. The molecular formula is C22H25N3O. The van der Waals surface area contributed by atoms with Crippen LogP contribution in [0.4, 0.5) is 0 Å². The Morgan fingerprint density at radius 1 is 1.19 bits per heavy atom. The molecule has 26 heavy (non-hydrogen) atoms. The van der Waals surface area contributed by atoms with Crippen LogP contribution in [0, 0.1) is 0 Å². The average Bonchev–Trinajstić information content (AvgIpc) is 3.32. The fourth-order valence-corrected chi connectivity index (χ4v) is 3.79. The first-order valence-corrected chi connectivity index (χ1v) is 9.61. The van der Waals surface area contributed by atoms with Gasteiger partial charge < -0.3 is 9.88 Å².